The molecule has 1 atom stereocenters. The van der Waals surface area contributed by atoms with Crippen molar-refractivity contribution in [3.05, 3.63) is 36.0 Å². The predicted molar refractivity (Wildman–Crippen MR) is 42.0 cm³/mol. The average Bonchev–Trinajstić information content (AvgIpc) is 2.31. The Morgan fingerprint density at radius 1 is 1.73 bits per heavy atom. The first-order chi connectivity index (χ1) is 5.20. The van der Waals surface area contributed by atoms with Crippen molar-refractivity contribution in [3.63, 3.8) is 0 Å². The second-order valence-electron chi connectivity index (χ2n) is 2.25. The summed E-state index contributed by atoms with van der Waals surface area (Å²) in [4.78, 5) is 10.1. The van der Waals surface area contributed by atoms with E-state index in [1.165, 1.54) is 6.08 Å². The van der Waals surface area contributed by atoms with Crippen LogP contribution in [0.25, 0.3) is 0 Å². The molecule has 1 aliphatic carbocycles. The van der Waals surface area contributed by atoms with Crippen LogP contribution in [-0.2, 0) is 4.79 Å². The van der Waals surface area contributed by atoms with Crippen LogP contribution >= 0.6 is 0 Å². The fourth-order valence-electron chi connectivity index (χ4n) is 0.843. The number of carboxylic acids is 1. The van der Waals surface area contributed by atoms with E-state index in [2.05, 4.69) is 0 Å². The SMILES string of the molecule is NC1C=CC=C1/C=C/C(=O)O. The molecule has 1 rings (SSSR count). The van der Waals surface area contributed by atoms with Gasteiger partial charge in [0.2, 0.25) is 0 Å². The van der Waals surface area contributed by atoms with Crippen LogP contribution in [0.3, 0.4) is 0 Å². The maximum atomic E-state index is 10.1. The van der Waals surface area contributed by atoms with Crippen LogP contribution in [0, 0.1) is 0 Å². The summed E-state index contributed by atoms with van der Waals surface area (Å²) in [6.07, 6.45) is 8.00. The molecule has 1 aliphatic rings. The van der Waals surface area contributed by atoms with Crippen LogP contribution in [-0.4, -0.2) is 17.1 Å². The Kier molecular flexibility index (Phi) is 2.23. The largest absolute Gasteiger partial charge is 0.478 e. The zero-order valence-corrected chi connectivity index (χ0v) is 5.90. The zero-order chi connectivity index (χ0) is 8.27. The molecule has 1 unspecified atom stereocenters. The van der Waals surface area contributed by atoms with Crippen molar-refractivity contribution in [1.29, 1.82) is 0 Å². The minimum atomic E-state index is -0.954. The smallest absolute Gasteiger partial charge is 0.328 e. The van der Waals surface area contributed by atoms with E-state index in [4.69, 9.17) is 10.8 Å². The van der Waals surface area contributed by atoms with Gasteiger partial charge in [0.1, 0.15) is 0 Å². The molecular formula is C8H9NO2. The standard InChI is InChI=1S/C8H9NO2/c9-7-3-1-2-6(7)4-5-8(10)11/h1-5,7H,9H2,(H,10,11)/b5-4+. The van der Waals surface area contributed by atoms with E-state index in [0.29, 0.717) is 0 Å². The van der Waals surface area contributed by atoms with E-state index < -0.39 is 5.97 Å². The zero-order valence-electron chi connectivity index (χ0n) is 5.90. The fraction of sp³-hybridized carbons (Fsp3) is 0.125. The Morgan fingerprint density at radius 2 is 2.45 bits per heavy atom. The van der Waals surface area contributed by atoms with E-state index in [1.54, 1.807) is 6.08 Å². The number of hydrogen-bond donors (Lipinski definition) is 2. The van der Waals surface area contributed by atoms with Gasteiger partial charge >= 0.3 is 5.97 Å². The van der Waals surface area contributed by atoms with Crippen molar-refractivity contribution < 1.29 is 9.90 Å². The first kappa shape index (κ1) is 7.75. The number of carboxylic acid groups (broad SMARTS) is 1. The number of rotatable bonds is 2. The average molecular weight is 151 g/mol. The number of allylic oxidation sites excluding steroid dienone is 2. The summed E-state index contributed by atoms with van der Waals surface area (Å²) in [5, 5.41) is 8.28. The van der Waals surface area contributed by atoms with Gasteiger partial charge in [-0.25, -0.2) is 4.79 Å². The van der Waals surface area contributed by atoms with Crippen molar-refractivity contribution in [2.24, 2.45) is 5.73 Å². The van der Waals surface area contributed by atoms with Gasteiger partial charge in [0.15, 0.2) is 0 Å². The van der Waals surface area contributed by atoms with Gasteiger partial charge < -0.3 is 10.8 Å². The first-order valence-electron chi connectivity index (χ1n) is 3.25. The van der Waals surface area contributed by atoms with Gasteiger partial charge in [-0.3, -0.25) is 0 Å². The molecule has 0 spiro atoms. The molecule has 0 radical (unpaired) electrons. The molecule has 3 nitrogen and oxygen atoms in total. The molecule has 3 heteroatoms. The Labute approximate surface area is 64.5 Å². The summed E-state index contributed by atoms with van der Waals surface area (Å²) < 4.78 is 0. The molecule has 0 fully saturated rings. The molecule has 0 saturated carbocycles. The van der Waals surface area contributed by atoms with Crippen LogP contribution in [0.1, 0.15) is 0 Å². The normalized spacial score (nSPS) is 22.6. The summed E-state index contributed by atoms with van der Waals surface area (Å²) in [7, 11) is 0. The van der Waals surface area contributed by atoms with E-state index in [1.807, 2.05) is 12.2 Å². The molecule has 3 N–H and O–H groups in total. The van der Waals surface area contributed by atoms with E-state index >= 15 is 0 Å². The van der Waals surface area contributed by atoms with Crippen LogP contribution in [0.2, 0.25) is 0 Å². The third-order valence-electron chi connectivity index (χ3n) is 1.41. The van der Waals surface area contributed by atoms with Crippen LogP contribution in [0.4, 0.5) is 0 Å². The third kappa shape index (κ3) is 2.05. The number of hydrogen-bond acceptors (Lipinski definition) is 2. The van der Waals surface area contributed by atoms with Gasteiger partial charge in [-0.05, 0) is 11.6 Å². The van der Waals surface area contributed by atoms with E-state index in [9.17, 15) is 4.79 Å². The van der Waals surface area contributed by atoms with Gasteiger partial charge in [-0.1, -0.05) is 18.2 Å². The van der Waals surface area contributed by atoms with Crippen LogP contribution in [0.15, 0.2) is 36.0 Å². The molecule has 0 saturated heterocycles. The summed E-state index contributed by atoms with van der Waals surface area (Å²) >= 11 is 0. The van der Waals surface area contributed by atoms with Crippen molar-refractivity contribution in [2.45, 2.75) is 6.04 Å². The molecule has 0 aromatic rings. The lowest BCUT2D eigenvalue weighted by Crippen LogP contribution is -2.16. The molecule has 0 aromatic heterocycles. The lowest BCUT2D eigenvalue weighted by atomic mass is 10.1. The molecule has 0 amide bonds. The maximum Gasteiger partial charge on any atom is 0.328 e. The number of nitrogens with two attached hydrogens (primary N) is 1. The van der Waals surface area contributed by atoms with Gasteiger partial charge in [0.05, 0.1) is 0 Å². The highest BCUT2D eigenvalue weighted by Crippen LogP contribution is 2.10. The van der Waals surface area contributed by atoms with Gasteiger partial charge in [0.25, 0.3) is 0 Å². The summed E-state index contributed by atoms with van der Waals surface area (Å²) in [5.74, 6) is -0.954. The molecule has 0 bridgehead atoms. The monoisotopic (exact) mass is 151 g/mol. The van der Waals surface area contributed by atoms with Gasteiger partial charge in [-0.2, -0.15) is 0 Å². The van der Waals surface area contributed by atoms with Crippen LogP contribution in [0.5, 0.6) is 0 Å². The number of aliphatic carboxylic acids is 1. The molecular weight excluding hydrogens is 142 g/mol. The minimum Gasteiger partial charge on any atom is -0.478 e. The quantitative estimate of drug-likeness (QED) is 0.563. The predicted octanol–water partition coefficient (Wildman–Crippen LogP) is 0.451. The van der Waals surface area contributed by atoms with E-state index in [0.717, 1.165) is 11.6 Å². The van der Waals surface area contributed by atoms with Crippen molar-refractivity contribution >= 4 is 5.97 Å². The topological polar surface area (TPSA) is 63.3 Å². The summed E-state index contributed by atoms with van der Waals surface area (Å²) in [6.45, 7) is 0. The van der Waals surface area contributed by atoms with Crippen LogP contribution < -0.4 is 5.73 Å². The number of carbonyl (C=O) groups is 1. The summed E-state index contributed by atoms with van der Waals surface area (Å²) in [5.41, 5.74) is 6.39. The molecule has 11 heavy (non-hydrogen) atoms. The Morgan fingerprint density at radius 3 is 2.91 bits per heavy atom. The third-order valence-corrected chi connectivity index (χ3v) is 1.41. The van der Waals surface area contributed by atoms with Gasteiger partial charge in [-0.15, -0.1) is 0 Å². The Bertz CT molecular complexity index is 251. The second-order valence-corrected chi connectivity index (χ2v) is 2.25. The molecule has 58 valence electrons. The van der Waals surface area contributed by atoms with Crippen molar-refractivity contribution in [3.8, 4) is 0 Å². The van der Waals surface area contributed by atoms with Crippen molar-refractivity contribution in [2.75, 3.05) is 0 Å². The lowest BCUT2D eigenvalue weighted by molar-refractivity contribution is -0.131. The highest BCUT2D eigenvalue weighted by molar-refractivity contribution is 5.80. The Balaban J connectivity index is 2.58. The first-order valence-corrected chi connectivity index (χ1v) is 3.25. The highest BCUT2D eigenvalue weighted by Gasteiger charge is 2.05. The lowest BCUT2D eigenvalue weighted by Gasteiger charge is -2.00. The fourth-order valence-corrected chi connectivity index (χ4v) is 0.843. The second kappa shape index (κ2) is 3.16. The minimum absolute atomic E-state index is 0.148. The molecule has 0 aromatic carbocycles. The maximum absolute atomic E-state index is 10.1. The van der Waals surface area contributed by atoms with Gasteiger partial charge in [0, 0.05) is 12.1 Å². The van der Waals surface area contributed by atoms with E-state index in [-0.39, 0.29) is 6.04 Å². The van der Waals surface area contributed by atoms with Crippen molar-refractivity contribution in [1.82, 2.24) is 0 Å². The molecule has 0 heterocycles. The highest BCUT2D eigenvalue weighted by atomic mass is 16.4. The Hall–Kier alpha value is -1.35. The summed E-state index contributed by atoms with van der Waals surface area (Å²) in [6, 6.07) is -0.148. The molecule has 0 aliphatic heterocycles.